The molecular formula is C16H13FN4O2. The summed E-state index contributed by atoms with van der Waals surface area (Å²) >= 11 is 0. The van der Waals surface area contributed by atoms with E-state index in [9.17, 15) is 9.18 Å². The molecule has 0 unspecified atom stereocenters. The highest BCUT2D eigenvalue weighted by Crippen LogP contribution is 2.13. The summed E-state index contributed by atoms with van der Waals surface area (Å²) in [5, 5.41) is 10.4. The summed E-state index contributed by atoms with van der Waals surface area (Å²) in [5.74, 6) is 0.0442. The molecule has 1 aromatic carbocycles. The van der Waals surface area contributed by atoms with Gasteiger partial charge in [0.05, 0.1) is 13.0 Å². The molecule has 2 aromatic heterocycles. The molecule has 0 aliphatic carbocycles. The number of benzene rings is 1. The van der Waals surface area contributed by atoms with Crippen LogP contribution in [0.1, 0.15) is 11.5 Å². The third kappa shape index (κ3) is 3.97. The first kappa shape index (κ1) is 14.8. The maximum absolute atomic E-state index is 12.8. The minimum absolute atomic E-state index is 0.125. The van der Waals surface area contributed by atoms with E-state index in [1.807, 2.05) is 6.07 Å². The SMILES string of the molecule is O=C(Cc1ccc(F)cc1)NCc1nnc(-c2ccccn2)o1. The lowest BCUT2D eigenvalue weighted by molar-refractivity contribution is -0.120. The number of nitrogens with one attached hydrogen (secondary N) is 1. The van der Waals surface area contributed by atoms with Crippen molar-refractivity contribution in [2.75, 3.05) is 0 Å². The number of hydrogen-bond acceptors (Lipinski definition) is 5. The van der Waals surface area contributed by atoms with Gasteiger partial charge in [0.25, 0.3) is 5.89 Å². The van der Waals surface area contributed by atoms with Gasteiger partial charge in [-0.25, -0.2) is 4.39 Å². The average Bonchev–Trinajstić information content (AvgIpc) is 3.05. The molecule has 0 aliphatic rings. The van der Waals surface area contributed by atoms with Gasteiger partial charge in [0.1, 0.15) is 11.5 Å². The van der Waals surface area contributed by atoms with E-state index >= 15 is 0 Å². The molecule has 0 bridgehead atoms. The number of aromatic nitrogens is 3. The van der Waals surface area contributed by atoms with Crippen LogP contribution in [0.3, 0.4) is 0 Å². The zero-order chi connectivity index (χ0) is 16.1. The molecule has 7 heteroatoms. The molecule has 116 valence electrons. The van der Waals surface area contributed by atoms with Crippen LogP contribution in [-0.4, -0.2) is 21.1 Å². The first-order valence-electron chi connectivity index (χ1n) is 6.95. The standard InChI is InChI=1S/C16H13FN4O2/c17-12-6-4-11(5-7-12)9-14(22)19-10-15-20-21-16(23-15)13-3-1-2-8-18-13/h1-8H,9-10H2,(H,19,22). The molecule has 1 N–H and O–H groups in total. The van der Waals surface area contributed by atoms with Crippen molar-refractivity contribution in [3.8, 4) is 11.6 Å². The maximum atomic E-state index is 12.8. The number of halogens is 1. The van der Waals surface area contributed by atoms with Crippen molar-refractivity contribution < 1.29 is 13.6 Å². The summed E-state index contributed by atoms with van der Waals surface area (Å²) in [5.41, 5.74) is 1.30. The van der Waals surface area contributed by atoms with E-state index in [4.69, 9.17) is 4.42 Å². The highest BCUT2D eigenvalue weighted by atomic mass is 19.1. The lowest BCUT2D eigenvalue weighted by Gasteiger charge is -2.02. The van der Waals surface area contributed by atoms with Crippen LogP contribution < -0.4 is 5.32 Å². The molecule has 23 heavy (non-hydrogen) atoms. The minimum atomic E-state index is -0.331. The van der Waals surface area contributed by atoms with Crippen LogP contribution in [0.2, 0.25) is 0 Å². The lowest BCUT2D eigenvalue weighted by Crippen LogP contribution is -2.24. The molecule has 0 saturated carbocycles. The summed E-state index contributed by atoms with van der Waals surface area (Å²) in [6.07, 6.45) is 1.78. The first-order chi connectivity index (χ1) is 11.2. The number of rotatable bonds is 5. The number of amides is 1. The fourth-order valence-corrected chi connectivity index (χ4v) is 1.94. The molecule has 2 heterocycles. The molecule has 6 nitrogen and oxygen atoms in total. The van der Waals surface area contributed by atoms with E-state index in [-0.39, 0.29) is 30.6 Å². The lowest BCUT2D eigenvalue weighted by atomic mass is 10.1. The van der Waals surface area contributed by atoms with Gasteiger partial charge in [-0.1, -0.05) is 18.2 Å². The zero-order valence-corrected chi connectivity index (χ0v) is 12.1. The molecule has 0 spiro atoms. The third-order valence-electron chi connectivity index (χ3n) is 3.07. The monoisotopic (exact) mass is 312 g/mol. The van der Waals surface area contributed by atoms with Crippen molar-refractivity contribution in [2.45, 2.75) is 13.0 Å². The Kier molecular flexibility index (Phi) is 4.37. The van der Waals surface area contributed by atoms with Crippen LogP contribution >= 0.6 is 0 Å². The number of carbonyl (C=O) groups is 1. The van der Waals surface area contributed by atoms with Crippen LogP contribution in [0.5, 0.6) is 0 Å². The largest absolute Gasteiger partial charge is 0.417 e. The van der Waals surface area contributed by atoms with Gasteiger partial charge in [-0.3, -0.25) is 9.78 Å². The Morgan fingerprint density at radius 3 is 2.70 bits per heavy atom. The molecule has 1 amide bonds. The van der Waals surface area contributed by atoms with Crippen LogP contribution in [0, 0.1) is 5.82 Å². The second-order valence-corrected chi connectivity index (χ2v) is 4.80. The first-order valence-corrected chi connectivity index (χ1v) is 6.95. The van der Waals surface area contributed by atoms with Crippen LogP contribution in [0.4, 0.5) is 4.39 Å². The van der Waals surface area contributed by atoms with Gasteiger partial charge < -0.3 is 9.73 Å². The third-order valence-corrected chi connectivity index (χ3v) is 3.07. The topological polar surface area (TPSA) is 80.9 Å². The summed E-state index contributed by atoms with van der Waals surface area (Å²) in [7, 11) is 0. The van der Waals surface area contributed by atoms with Crippen molar-refractivity contribution in [3.05, 3.63) is 65.9 Å². The van der Waals surface area contributed by atoms with Crippen molar-refractivity contribution in [3.63, 3.8) is 0 Å². The Balaban J connectivity index is 1.55. The molecule has 0 aliphatic heterocycles. The summed E-state index contributed by atoms with van der Waals surface area (Å²) in [6.45, 7) is 0.125. The highest BCUT2D eigenvalue weighted by Gasteiger charge is 2.10. The van der Waals surface area contributed by atoms with Gasteiger partial charge in [0.15, 0.2) is 0 Å². The second kappa shape index (κ2) is 6.78. The zero-order valence-electron chi connectivity index (χ0n) is 12.1. The molecular weight excluding hydrogens is 299 g/mol. The average molecular weight is 312 g/mol. The van der Waals surface area contributed by atoms with Crippen LogP contribution in [0.15, 0.2) is 53.1 Å². The maximum Gasteiger partial charge on any atom is 0.266 e. The van der Waals surface area contributed by atoms with Gasteiger partial charge >= 0.3 is 0 Å². The van der Waals surface area contributed by atoms with Crippen molar-refractivity contribution in [1.29, 1.82) is 0 Å². The van der Waals surface area contributed by atoms with Crippen molar-refractivity contribution >= 4 is 5.91 Å². The fraction of sp³-hybridized carbons (Fsp3) is 0.125. The summed E-state index contributed by atoms with van der Waals surface area (Å²) in [6, 6.07) is 11.1. The smallest absolute Gasteiger partial charge is 0.266 e. The highest BCUT2D eigenvalue weighted by molar-refractivity contribution is 5.78. The number of carbonyl (C=O) groups excluding carboxylic acids is 1. The van der Waals surface area contributed by atoms with Gasteiger partial charge in [-0.05, 0) is 29.8 Å². The number of pyridine rings is 1. The predicted octanol–water partition coefficient (Wildman–Crippen LogP) is 2.13. The number of hydrogen-bond donors (Lipinski definition) is 1. The summed E-state index contributed by atoms with van der Waals surface area (Å²) < 4.78 is 18.2. The van der Waals surface area contributed by atoms with Gasteiger partial charge in [0, 0.05) is 6.20 Å². The van der Waals surface area contributed by atoms with Gasteiger partial charge in [-0.15, -0.1) is 10.2 Å². The van der Waals surface area contributed by atoms with E-state index < -0.39 is 0 Å². The van der Waals surface area contributed by atoms with E-state index in [1.165, 1.54) is 12.1 Å². The van der Waals surface area contributed by atoms with Gasteiger partial charge in [0.2, 0.25) is 11.8 Å². The molecule has 0 fully saturated rings. The number of nitrogens with zero attached hydrogens (tertiary/aromatic N) is 3. The Hall–Kier alpha value is -3.09. The predicted molar refractivity (Wildman–Crippen MR) is 79.5 cm³/mol. The van der Waals surface area contributed by atoms with E-state index in [0.29, 0.717) is 11.6 Å². The normalized spacial score (nSPS) is 10.5. The molecule has 0 saturated heterocycles. The summed E-state index contributed by atoms with van der Waals surface area (Å²) in [4.78, 5) is 15.9. The van der Waals surface area contributed by atoms with E-state index in [0.717, 1.165) is 5.56 Å². The minimum Gasteiger partial charge on any atom is -0.417 e. The Morgan fingerprint density at radius 1 is 1.13 bits per heavy atom. The molecule has 3 aromatic rings. The Bertz CT molecular complexity index is 787. The van der Waals surface area contributed by atoms with Crippen LogP contribution in [-0.2, 0) is 17.8 Å². The Labute approximate surface area is 131 Å². The molecule has 0 atom stereocenters. The van der Waals surface area contributed by atoms with Gasteiger partial charge in [-0.2, -0.15) is 0 Å². The van der Waals surface area contributed by atoms with Crippen molar-refractivity contribution in [2.24, 2.45) is 0 Å². The second-order valence-electron chi connectivity index (χ2n) is 4.80. The van der Waals surface area contributed by atoms with Crippen LogP contribution in [0.25, 0.3) is 11.6 Å². The van der Waals surface area contributed by atoms with E-state index in [1.54, 1.807) is 30.5 Å². The quantitative estimate of drug-likeness (QED) is 0.780. The Morgan fingerprint density at radius 2 is 1.96 bits per heavy atom. The molecule has 0 radical (unpaired) electrons. The van der Waals surface area contributed by atoms with E-state index in [2.05, 4.69) is 20.5 Å². The van der Waals surface area contributed by atoms with Crippen molar-refractivity contribution in [1.82, 2.24) is 20.5 Å². The fourth-order valence-electron chi connectivity index (χ4n) is 1.94. The molecule has 3 rings (SSSR count).